The van der Waals surface area contributed by atoms with E-state index in [2.05, 4.69) is 32.6 Å². The maximum absolute atomic E-state index is 9.14. The van der Waals surface area contributed by atoms with Crippen molar-refractivity contribution in [2.75, 3.05) is 172 Å². The van der Waals surface area contributed by atoms with E-state index in [0.717, 1.165) is 19.4 Å². The van der Waals surface area contributed by atoms with Crippen LogP contribution in [0.2, 0.25) is 0 Å². The van der Waals surface area contributed by atoms with Gasteiger partial charge in [-0.1, -0.05) is 13.3 Å². The molecule has 5 unspecified atom stereocenters. The first-order valence-electron chi connectivity index (χ1n) is 22.6. The fourth-order valence-corrected chi connectivity index (χ4v) is 5.56. The standard InChI is InChI=1S/C9H21NO3.2C8H19NO2.C7H17NO2.C6H15NO3.C5H13NO2/c1-7(11)4-10(5-8(2)12)6-9(3)13;1-8(2,3)9(4-6-10)5-7-11;1-2-3-4-9(5-7-10)6-8-11;1-6(9)4-8(3)5-7(2)10;8-4-1-7(2-5-9)3-6-10;1-6(2-4-7)3-5-8/h7-9,11-13H,4-6H2,1-3H3;10-11H,4-7H2,1-3H3;10-11H,2-8H2,1H3;6-7,9-10H,4-5H2,1-3H3;8-10H,1-6H2;7-8H,2-5H2,1H3. The van der Waals surface area contributed by atoms with Gasteiger partial charge >= 0.3 is 0 Å². The van der Waals surface area contributed by atoms with Crippen LogP contribution in [-0.4, -0.2) is 309 Å². The molecule has 0 aromatic heterocycles. The van der Waals surface area contributed by atoms with Crippen LogP contribution in [0.4, 0.5) is 0 Å². The molecule has 0 fully saturated rings. The van der Waals surface area contributed by atoms with E-state index in [4.69, 9.17) is 71.5 Å². The quantitative estimate of drug-likeness (QED) is 0.0320. The fourth-order valence-electron chi connectivity index (χ4n) is 5.56. The summed E-state index contributed by atoms with van der Waals surface area (Å²) in [4.78, 5) is 11.5. The Morgan fingerprint density at radius 1 is 0.349 bits per heavy atom. The predicted octanol–water partition coefficient (Wildman–Crippen LogP) is -3.58. The maximum Gasteiger partial charge on any atom is 0.0639 e. The third-order valence-electron chi connectivity index (χ3n) is 8.28. The highest BCUT2D eigenvalue weighted by Crippen LogP contribution is 2.11. The minimum Gasteiger partial charge on any atom is -0.395 e. The summed E-state index contributed by atoms with van der Waals surface area (Å²) < 4.78 is 0. The molecular formula is C43H104N6O14. The minimum atomic E-state index is -0.433. The number of rotatable bonds is 31. The van der Waals surface area contributed by atoms with Gasteiger partial charge in [-0.25, -0.2) is 0 Å². The predicted molar refractivity (Wildman–Crippen MR) is 253 cm³/mol. The zero-order chi connectivity index (χ0) is 50.2. The van der Waals surface area contributed by atoms with Crippen LogP contribution >= 0.6 is 0 Å². The lowest BCUT2D eigenvalue weighted by molar-refractivity contribution is 0.0530. The van der Waals surface area contributed by atoms with Gasteiger partial charge in [-0.3, -0.25) is 19.6 Å². The van der Waals surface area contributed by atoms with Crippen molar-refractivity contribution < 1.29 is 71.5 Å². The van der Waals surface area contributed by atoms with Crippen LogP contribution in [0.3, 0.4) is 0 Å². The molecule has 0 aliphatic rings. The Kier molecular flexibility index (Phi) is 63.0. The van der Waals surface area contributed by atoms with Crippen LogP contribution < -0.4 is 0 Å². The molecular weight excluding hydrogens is 825 g/mol. The lowest BCUT2D eigenvalue weighted by Crippen LogP contribution is -2.44. The molecule has 0 spiro atoms. The lowest BCUT2D eigenvalue weighted by Gasteiger charge is -2.34. The van der Waals surface area contributed by atoms with Gasteiger partial charge in [-0.05, 0) is 82.5 Å². The van der Waals surface area contributed by atoms with E-state index < -0.39 is 18.3 Å². The van der Waals surface area contributed by atoms with Crippen molar-refractivity contribution >= 4 is 0 Å². The zero-order valence-electron chi connectivity index (χ0n) is 41.7. The molecule has 0 aliphatic heterocycles. The van der Waals surface area contributed by atoms with E-state index in [1.807, 2.05) is 33.7 Å². The first kappa shape index (κ1) is 73.8. The average molecular weight is 929 g/mol. The summed E-state index contributed by atoms with van der Waals surface area (Å²) in [5.74, 6) is 0. The molecule has 20 heteroatoms. The third-order valence-corrected chi connectivity index (χ3v) is 8.28. The molecule has 0 aliphatic carbocycles. The number of β-amino-alcohol motifs (C(OH)–C–C–N with tert-alkyl or cyclic N) is 2. The molecule has 14 N–H and O–H groups in total. The van der Waals surface area contributed by atoms with Crippen LogP contribution in [0.5, 0.6) is 0 Å². The van der Waals surface area contributed by atoms with E-state index in [9.17, 15) is 0 Å². The molecule has 63 heavy (non-hydrogen) atoms. The Labute approximate surface area is 383 Å². The molecule has 0 aromatic rings. The van der Waals surface area contributed by atoms with Crippen LogP contribution in [0.1, 0.15) is 75.2 Å². The summed E-state index contributed by atoms with van der Waals surface area (Å²) in [6, 6.07) is 0. The average Bonchev–Trinajstić information content (AvgIpc) is 3.14. The van der Waals surface area contributed by atoms with Crippen molar-refractivity contribution in [3.05, 3.63) is 0 Å². The number of aliphatic hydroxyl groups excluding tert-OH is 14. The van der Waals surface area contributed by atoms with Crippen molar-refractivity contribution in [3.63, 3.8) is 0 Å². The van der Waals surface area contributed by atoms with E-state index in [1.165, 1.54) is 0 Å². The summed E-state index contributed by atoms with van der Waals surface area (Å²) in [5.41, 5.74) is 0.0332. The molecule has 0 amide bonds. The first-order valence-corrected chi connectivity index (χ1v) is 22.6. The van der Waals surface area contributed by atoms with Gasteiger partial charge in [0.1, 0.15) is 0 Å². The second kappa shape index (κ2) is 53.8. The molecule has 0 rings (SSSR count). The summed E-state index contributed by atoms with van der Waals surface area (Å²) in [6.07, 6.45) is 0.368. The topological polar surface area (TPSA) is 303 Å². The third kappa shape index (κ3) is 67.9. The highest BCUT2D eigenvalue weighted by atomic mass is 16.3. The Balaban J connectivity index is -0.000000156. The SMILES string of the molecule is CC(C)(C)N(CCO)CCO.CC(O)CN(C)CC(C)O.CC(O)CN(CC(C)O)CC(C)O.CCCCN(CCO)CCO.CN(CCO)CCO.OCCN(CCO)CCO. The van der Waals surface area contributed by atoms with Crippen LogP contribution in [0.15, 0.2) is 0 Å². The molecule has 0 bridgehead atoms. The van der Waals surface area contributed by atoms with Crippen molar-refractivity contribution in [2.24, 2.45) is 0 Å². The number of likely N-dealkylation sites (N-methyl/N-ethyl adjacent to an activating group) is 2. The minimum absolute atomic E-state index is 0.0332. The van der Waals surface area contributed by atoms with Gasteiger partial charge in [-0.2, -0.15) is 0 Å². The molecule has 20 nitrogen and oxygen atoms in total. The number of hydrogen-bond acceptors (Lipinski definition) is 20. The molecule has 390 valence electrons. The van der Waals surface area contributed by atoms with Crippen molar-refractivity contribution in [3.8, 4) is 0 Å². The van der Waals surface area contributed by atoms with Crippen LogP contribution in [0, 0.1) is 0 Å². The summed E-state index contributed by atoms with van der Waals surface area (Å²) in [7, 11) is 3.73. The highest BCUT2D eigenvalue weighted by Gasteiger charge is 2.19. The maximum atomic E-state index is 9.14. The monoisotopic (exact) mass is 929 g/mol. The van der Waals surface area contributed by atoms with Crippen molar-refractivity contribution in [1.29, 1.82) is 0 Å². The number of unbranched alkanes of at least 4 members (excludes halogenated alkanes) is 1. The lowest BCUT2D eigenvalue weighted by atomic mass is 10.1. The van der Waals surface area contributed by atoms with E-state index in [0.29, 0.717) is 91.6 Å². The van der Waals surface area contributed by atoms with E-state index >= 15 is 0 Å². The summed E-state index contributed by atoms with van der Waals surface area (Å²) >= 11 is 0. The summed E-state index contributed by atoms with van der Waals surface area (Å²) in [5, 5.41) is 122. The van der Waals surface area contributed by atoms with E-state index in [-0.39, 0.29) is 77.2 Å². The molecule has 0 heterocycles. The molecule has 0 radical (unpaired) electrons. The van der Waals surface area contributed by atoms with Crippen LogP contribution in [-0.2, 0) is 0 Å². The Bertz CT molecular complexity index is 772. The zero-order valence-corrected chi connectivity index (χ0v) is 41.7. The normalized spacial score (nSPS) is 13.8. The molecule has 0 saturated heterocycles. The van der Waals surface area contributed by atoms with Gasteiger partial charge in [0, 0.05) is 97.2 Å². The van der Waals surface area contributed by atoms with E-state index in [1.54, 1.807) is 39.5 Å². The Morgan fingerprint density at radius 2 is 0.603 bits per heavy atom. The van der Waals surface area contributed by atoms with Crippen molar-refractivity contribution in [2.45, 2.75) is 111 Å². The first-order chi connectivity index (χ1) is 29.5. The van der Waals surface area contributed by atoms with Gasteiger partial charge in [0.05, 0.1) is 90.0 Å². The van der Waals surface area contributed by atoms with Gasteiger partial charge in [0.15, 0.2) is 0 Å². The van der Waals surface area contributed by atoms with Gasteiger partial charge < -0.3 is 81.3 Å². The molecule has 0 aromatic carbocycles. The fraction of sp³-hybridized carbons (Fsp3) is 1.00. The second-order valence-corrected chi connectivity index (χ2v) is 16.7. The Morgan fingerprint density at radius 3 is 0.810 bits per heavy atom. The molecule has 0 saturated carbocycles. The largest absolute Gasteiger partial charge is 0.395 e. The Hall–Kier alpha value is -0.800. The van der Waals surface area contributed by atoms with Crippen LogP contribution in [0.25, 0.3) is 0 Å². The summed E-state index contributed by atoms with van der Waals surface area (Å²) in [6.45, 7) is 27.2. The van der Waals surface area contributed by atoms with Gasteiger partial charge in [0.25, 0.3) is 0 Å². The molecule has 5 atom stereocenters. The smallest absolute Gasteiger partial charge is 0.0639 e. The van der Waals surface area contributed by atoms with Gasteiger partial charge in [-0.15, -0.1) is 0 Å². The highest BCUT2D eigenvalue weighted by molar-refractivity contribution is 4.75. The number of nitrogens with zero attached hydrogens (tertiary/aromatic N) is 6. The second-order valence-electron chi connectivity index (χ2n) is 16.7. The van der Waals surface area contributed by atoms with Crippen molar-refractivity contribution in [1.82, 2.24) is 29.4 Å². The number of aliphatic hydroxyl groups is 14. The van der Waals surface area contributed by atoms with Gasteiger partial charge in [0.2, 0.25) is 0 Å². The number of hydrogen-bond donors (Lipinski definition) is 14.